The van der Waals surface area contributed by atoms with Gasteiger partial charge in [0.25, 0.3) is 5.56 Å². The summed E-state index contributed by atoms with van der Waals surface area (Å²) in [6.45, 7) is 3.89. The van der Waals surface area contributed by atoms with E-state index in [0.717, 1.165) is 26.9 Å². The topological polar surface area (TPSA) is 98.9 Å². The SMILES string of the molecule is Cc1ccc(C)c(NC(=O)Cn2cccc3c(=O)n(Cc4ccncc4)c(=O)nc2-3)c1. The number of fused-ring (bicyclic) bond motifs is 1. The van der Waals surface area contributed by atoms with Crippen molar-refractivity contribution in [2.45, 2.75) is 26.9 Å². The number of rotatable bonds is 5. The Morgan fingerprint density at radius 1 is 1.06 bits per heavy atom. The Balaban J connectivity index is 1.65. The molecule has 0 spiro atoms. The lowest BCUT2D eigenvalue weighted by Crippen LogP contribution is -2.38. The number of nitrogens with one attached hydrogen (secondary N) is 1. The summed E-state index contributed by atoms with van der Waals surface area (Å²) in [6.07, 6.45) is 4.83. The van der Waals surface area contributed by atoms with Gasteiger partial charge < -0.3 is 9.88 Å². The molecule has 4 rings (SSSR count). The van der Waals surface area contributed by atoms with Crippen LogP contribution in [0.5, 0.6) is 0 Å². The summed E-state index contributed by atoms with van der Waals surface area (Å²) in [4.78, 5) is 46.2. The van der Waals surface area contributed by atoms with E-state index in [-0.39, 0.29) is 30.4 Å². The molecule has 3 heterocycles. The molecule has 0 saturated heterocycles. The smallest absolute Gasteiger partial charge is 0.324 e. The average Bonchev–Trinajstić information content (AvgIpc) is 2.75. The van der Waals surface area contributed by atoms with Gasteiger partial charge in [-0.1, -0.05) is 12.1 Å². The quantitative estimate of drug-likeness (QED) is 0.539. The molecule has 1 aromatic carbocycles. The van der Waals surface area contributed by atoms with Crippen molar-refractivity contribution >= 4 is 11.6 Å². The number of aryl methyl sites for hydroxylation is 2. The average molecular weight is 415 g/mol. The minimum absolute atomic E-state index is 0.0784. The molecule has 31 heavy (non-hydrogen) atoms. The third kappa shape index (κ3) is 4.28. The number of anilines is 1. The largest absolute Gasteiger partial charge is 0.352 e. The van der Waals surface area contributed by atoms with Crippen molar-refractivity contribution < 1.29 is 4.79 Å². The lowest BCUT2D eigenvalue weighted by molar-refractivity contribution is -0.116. The van der Waals surface area contributed by atoms with Crippen molar-refractivity contribution in [3.05, 3.63) is 98.6 Å². The van der Waals surface area contributed by atoms with E-state index in [2.05, 4.69) is 15.3 Å². The second kappa shape index (κ2) is 8.35. The van der Waals surface area contributed by atoms with Crippen molar-refractivity contribution in [3.8, 4) is 11.4 Å². The molecule has 0 bridgehead atoms. The van der Waals surface area contributed by atoms with Crippen LogP contribution in [0, 0.1) is 13.8 Å². The van der Waals surface area contributed by atoms with E-state index >= 15 is 0 Å². The van der Waals surface area contributed by atoms with E-state index in [1.807, 2.05) is 32.0 Å². The zero-order valence-corrected chi connectivity index (χ0v) is 17.2. The highest BCUT2D eigenvalue weighted by molar-refractivity contribution is 5.91. The van der Waals surface area contributed by atoms with Crippen molar-refractivity contribution in [1.29, 1.82) is 0 Å². The van der Waals surface area contributed by atoms with Crippen molar-refractivity contribution in [3.63, 3.8) is 0 Å². The summed E-state index contributed by atoms with van der Waals surface area (Å²) in [5.74, 6) is -0.0963. The number of nitrogens with zero attached hydrogens (tertiary/aromatic N) is 4. The zero-order valence-electron chi connectivity index (χ0n) is 17.2. The second-order valence-electron chi connectivity index (χ2n) is 7.38. The molecule has 2 aliphatic rings. The van der Waals surface area contributed by atoms with Gasteiger partial charge in [0.2, 0.25) is 5.91 Å². The van der Waals surface area contributed by atoms with Gasteiger partial charge in [-0.15, -0.1) is 0 Å². The van der Waals surface area contributed by atoms with Crippen molar-refractivity contribution in [2.75, 3.05) is 5.32 Å². The van der Waals surface area contributed by atoms with Gasteiger partial charge in [0.05, 0.1) is 12.1 Å². The molecule has 0 saturated carbocycles. The third-order valence-electron chi connectivity index (χ3n) is 5.02. The Labute approximate surface area is 178 Å². The molecule has 1 N–H and O–H groups in total. The van der Waals surface area contributed by atoms with E-state index in [4.69, 9.17) is 0 Å². The van der Waals surface area contributed by atoms with Gasteiger partial charge in [0.1, 0.15) is 6.54 Å². The fourth-order valence-electron chi connectivity index (χ4n) is 3.37. The predicted molar refractivity (Wildman–Crippen MR) is 117 cm³/mol. The highest BCUT2D eigenvalue weighted by atomic mass is 16.2. The summed E-state index contributed by atoms with van der Waals surface area (Å²) in [6, 6.07) is 12.5. The maximum absolute atomic E-state index is 13.0. The monoisotopic (exact) mass is 415 g/mol. The van der Waals surface area contributed by atoms with Crippen LogP contribution in [0.25, 0.3) is 11.4 Å². The van der Waals surface area contributed by atoms with Crippen LogP contribution in [-0.4, -0.2) is 25.0 Å². The highest BCUT2D eigenvalue weighted by Crippen LogP contribution is 2.17. The fourth-order valence-corrected chi connectivity index (χ4v) is 3.37. The summed E-state index contributed by atoms with van der Waals surface area (Å²) in [7, 11) is 0. The van der Waals surface area contributed by atoms with Crippen LogP contribution in [-0.2, 0) is 17.9 Å². The molecule has 2 aromatic rings. The van der Waals surface area contributed by atoms with Gasteiger partial charge >= 0.3 is 5.69 Å². The van der Waals surface area contributed by atoms with Crippen LogP contribution in [0.15, 0.2) is 70.6 Å². The van der Waals surface area contributed by atoms with Gasteiger partial charge in [-0.3, -0.25) is 19.1 Å². The molecule has 0 unspecified atom stereocenters. The number of hydrogen-bond acceptors (Lipinski definition) is 5. The molecule has 8 heteroatoms. The first-order valence-electron chi connectivity index (χ1n) is 9.78. The van der Waals surface area contributed by atoms with Crippen LogP contribution in [0.2, 0.25) is 0 Å². The lowest BCUT2D eigenvalue weighted by atomic mass is 10.1. The molecule has 0 atom stereocenters. The molecule has 2 aliphatic heterocycles. The molecule has 0 fully saturated rings. The minimum atomic E-state index is -0.663. The van der Waals surface area contributed by atoms with E-state index in [1.165, 1.54) is 4.57 Å². The molecule has 1 aromatic heterocycles. The molecule has 0 radical (unpaired) electrons. The first kappa shape index (κ1) is 20.2. The van der Waals surface area contributed by atoms with Gasteiger partial charge in [0.15, 0.2) is 5.82 Å². The molecule has 156 valence electrons. The van der Waals surface area contributed by atoms with Crippen LogP contribution in [0.1, 0.15) is 16.7 Å². The number of hydrogen-bond donors (Lipinski definition) is 1. The molecular formula is C23H21N5O3. The van der Waals surface area contributed by atoms with Crippen LogP contribution >= 0.6 is 0 Å². The number of pyridine rings is 2. The Kier molecular flexibility index (Phi) is 5.44. The number of carbonyl (C=O) groups excluding carboxylic acids is 1. The Bertz CT molecular complexity index is 1340. The fraction of sp³-hybridized carbons (Fsp3) is 0.174. The van der Waals surface area contributed by atoms with Crippen LogP contribution in [0.4, 0.5) is 5.69 Å². The highest BCUT2D eigenvalue weighted by Gasteiger charge is 2.18. The van der Waals surface area contributed by atoms with E-state index in [9.17, 15) is 14.4 Å². The van der Waals surface area contributed by atoms with Gasteiger partial charge in [-0.2, -0.15) is 4.98 Å². The maximum atomic E-state index is 13.0. The Morgan fingerprint density at radius 2 is 1.84 bits per heavy atom. The molecule has 1 amide bonds. The number of amides is 1. The lowest BCUT2D eigenvalue weighted by Gasteiger charge is -2.16. The summed E-state index contributed by atoms with van der Waals surface area (Å²) >= 11 is 0. The normalized spacial score (nSPS) is 10.9. The number of benzene rings is 1. The van der Waals surface area contributed by atoms with E-state index in [0.29, 0.717) is 0 Å². The van der Waals surface area contributed by atoms with E-state index < -0.39 is 11.2 Å². The van der Waals surface area contributed by atoms with Crippen LogP contribution in [0.3, 0.4) is 0 Å². The van der Waals surface area contributed by atoms with Crippen molar-refractivity contribution in [2.24, 2.45) is 0 Å². The van der Waals surface area contributed by atoms with Crippen molar-refractivity contribution in [1.82, 2.24) is 19.1 Å². The molecule has 8 nitrogen and oxygen atoms in total. The molecular weight excluding hydrogens is 394 g/mol. The first-order valence-corrected chi connectivity index (χ1v) is 9.78. The van der Waals surface area contributed by atoms with E-state index in [1.54, 1.807) is 42.9 Å². The Morgan fingerprint density at radius 3 is 2.61 bits per heavy atom. The predicted octanol–water partition coefficient (Wildman–Crippen LogP) is 2.21. The van der Waals surface area contributed by atoms with Gasteiger partial charge in [0, 0.05) is 24.3 Å². The second-order valence-corrected chi connectivity index (χ2v) is 7.38. The van der Waals surface area contributed by atoms with Crippen LogP contribution < -0.4 is 16.6 Å². The Hall–Kier alpha value is -4.07. The van der Waals surface area contributed by atoms with Gasteiger partial charge in [-0.25, -0.2) is 4.79 Å². The summed E-state index contributed by atoms with van der Waals surface area (Å²) in [5.41, 5.74) is 2.64. The third-order valence-corrected chi connectivity index (χ3v) is 5.02. The molecule has 0 aliphatic carbocycles. The minimum Gasteiger partial charge on any atom is -0.324 e. The first-order chi connectivity index (χ1) is 14.9. The number of aromatic nitrogens is 4. The standard InChI is InChI=1S/C23H21N5O3/c1-15-5-6-16(2)19(12-15)25-20(29)14-27-11-3-4-18-21(27)26-23(31)28(22(18)30)13-17-7-9-24-10-8-17/h3-12H,13-14H2,1-2H3,(H,25,29). The summed E-state index contributed by atoms with van der Waals surface area (Å²) in [5, 5.41) is 2.88. The zero-order chi connectivity index (χ0) is 22.0. The summed E-state index contributed by atoms with van der Waals surface area (Å²) < 4.78 is 2.59. The number of carbonyl (C=O) groups is 1. The van der Waals surface area contributed by atoms with Gasteiger partial charge in [-0.05, 0) is 60.9 Å². The maximum Gasteiger partial charge on any atom is 0.352 e.